The smallest absolute Gasteiger partial charge is 0.0613 e. The monoisotopic (exact) mass is 251 g/mol. The molecule has 0 aliphatic heterocycles. The SMILES string of the molecule is CC1CCC(CO)(NCCc2cnn(C)c2)CC1. The van der Waals surface area contributed by atoms with Crippen molar-refractivity contribution in [2.75, 3.05) is 13.2 Å². The van der Waals surface area contributed by atoms with Gasteiger partial charge in [0.05, 0.1) is 12.8 Å². The Kier molecular flexibility index (Phi) is 4.40. The third kappa shape index (κ3) is 3.33. The zero-order chi connectivity index (χ0) is 13.0. The quantitative estimate of drug-likeness (QED) is 0.833. The van der Waals surface area contributed by atoms with E-state index in [9.17, 15) is 5.11 Å². The van der Waals surface area contributed by atoms with Crippen molar-refractivity contribution in [3.63, 3.8) is 0 Å². The van der Waals surface area contributed by atoms with Gasteiger partial charge in [-0.3, -0.25) is 4.68 Å². The molecule has 0 saturated heterocycles. The van der Waals surface area contributed by atoms with Crippen LogP contribution in [0.4, 0.5) is 0 Å². The lowest BCUT2D eigenvalue weighted by Gasteiger charge is -2.39. The Morgan fingerprint density at radius 2 is 2.22 bits per heavy atom. The Hall–Kier alpha value is -0.870. The first-order chi connectivity index (χ1) is 8.63. The minimum atomic E-state index is -0.0330. The molecule has 1 aliphatic rings. The Labute approximate surface area is 109 Å². The van der Waals surface area contributed by atoms with Crippen LogP contribution in [0.2, 0.25) is 0 Å². The molecule has 0 radical (unpaired) electrons. The first kappa shape index (κ1) is 13.6. The fourth-order valence-electron chi connectivity index (χ4n) is 2.78. The second kappa shape index (κ2) is 5.85. The molecule has 0 bridgehead atoms. The second-order valence-corrected chi connectivity index (χ2v) is 5.82. The summed E-state index contributed by atoms with van der Waals surface area (Å²) in [7, 11) is 1.94. The third-order valence-corrected chi connectivity index (χ3v) is 4.21. The van der Waals surface area contributed by atoms with Crippen molar-refractivity contribution in [3.8, 4) is 0 Å². The van der Waals surface area contributed by atoms with E-state index in [1.165, 1.54) is 18.4 Å². The normalized spacial score (nSPS) is 28.5. The van der Waals surface area contributed by atoms with Crippen molar-refractivity contribution in [2.45, 2.75) is 44.6 Å². The summed E-state index contributed by atoms with van der Waals surface area (Å²) in [6.07, 6.45) is 9.58. The summed E-state index contributed by atoms with van der Waals surface area (Å²) in [6.45, 7) is 3.48. The van der Waals surface area contributed by atoms with E-state index >= 15 is 0 Å². The van der Waals surface area contributed by atoms with Gasteiger partial charge in [-0.05, 0) is 50.1 Å². The molecule has 4 nitrogen and oxygen atoms in total. The van der Waals surface area contributed by atoms with Crippen LogP contribution in [0.15, 0.2) is 12.4 Å². The molecule has 102 valence electrons. The van der Waals surface area contributed by atoms with Crippen molar-refractivity contribution >= 4 is 0 Å². The van der Waals surface area contributed by atoms with Crippen LogP contribution in [-0.2, 0) is 13.5 Å². The fourth-order valence-corrected chi connectivity index (χ4v) is 2.78. The second-order valence-electron chi connectivity index (χ2n) is 5.82. The van der Waals surface area contributed by atoms with Crippen LogP contribution in [0.5, 0.6) is 0 Å². The van der Waals surface area contributed by atoms with Crippen LogP contribution in [-0.4, -0.2) is 33.6 Å². The van der Waals surface area contributed by atoms with Crippen LogP contribution in [0.3, 0.4) is 0 Å². The maximum atomic E-state index is 9.65. The molecule has 18 heavy (non-hydrogen) atoms. The molecule has 0 spiro atoms. The lowest BCUT2D eigenvalue weighted by Crippen LogP contribution is -2.51. The highest BCUT2D eigenvalue weighted by molar-refractivity contribution is 5.04. The molecule has 1 aromatic heterocycles. The molecule has 1 heterocycles. The number of hydrogen-bond acceptors (Lipinski definition) is 3. The summed E-state index contributed by atoms with van der Waals surface area (Å²) >= 11 is 0. The Morgan fingerprint density at radius 3 is 2.78 bits per heavy atom. The minimum absolute atomic E-state index is 0.0330. The number of aliphatic hydroxyl groups excluding tert-OH is 1. The van der Waals surface area contributed by atoms with Crippen LogP contribution < -0.4 is 5.32 Å². The standard InChI is InChI=1S/C14H25N3O/c1-12-3-6-14(11-18,7-4-12)15-8-5-13-9-16-17(2)10-13/h9-10,12,15,18H,3-8,11H2,1-2H3. The zero-order valence-electron chi connectivity index (χ0n) is 11.5. The fraction of sp³-hybridized carbons (Fsp3) is 0.786. The molecule has 2 N–H and O–H groups in total. The topological polar surface area (TPSA) is 50.1 Å². The van der Waals surface area contributed by atoms with E-state index in [0.29, 0.717) is 0 Å². The summed E-state index contributed by atoms with van der Waals surface area (Å²) in [5, 5.41) is 17.4. The van der Waals surface area contributed by atoms with Crippen LogP contribution in [0.25, 0.3) is 0 Å². The minimum Gasteiger partial charge on any atom is -0.394 e. The molecular formula is C14H25N3O. The van der Waals surface area contributed by atoms with Gasteiger partial charge in [0.1, 0.15) is 0 Å². The van der Waals surface area contributed by atoms with E-state index in [1.807, 2.05) is 17.9 Å². The molecule has 0 aromatic carbocycles. The van der Waals surface area contributed by atoms with Gasteiger partial charge < -0.3 is 10.4 Å². The van der Waals surface area contributed by atoms with Crippen LogP contribution in [0.1, 0.15) is 38.2 Å². The Morgan fingerprint density at radius 1 is 1.50 bits per heavy atom. The number of rotatable bonds is 5. The highest BCUT2D eigenvalue weighted by Crippen LogP contribution is 2.31. The van der Waals surface area contributed by atoms with Gasteiger partial charge >= 0.3 is 0 Å². The van der Waals surface area contributed by atoms with Gasteiger partial charge in [0, 0.05) is 18.8 Å². The molecule has 0 unspecified atom stereocenters. The summed E-state index contributed by atoms with van der Waals surface area (Å²) < 4.78 is 1.83. The number of hydrogen-bond donors (Lipinski definition) is 2. The van der Waals surface area contributed by atoms with Gasteiger partial charge in [0.2, 0.25) is 0 Å². The number of aromatic nitrogens is 2. The van der Waals surface area contributed by atoms with Gasteiger partial charge in [0.25, 0.3) is 0 Å². The average molecular weight is 251 g/mol. The summed E-state index contributed by atoms with van der Waals surface area (Å²) in [5.74, 6) is 0.810. The average Bonchev–Trinajstić information content (AvgIpc) is 2.78. The summed E-state index contributed by atoms with van der Waals surface area (Å²) in [4.78, 5) is 0. The van der Waals surface area contributed by atoms with E-state index in [1.54, 1.807) is 0 Å². The van der Waals surface area contributed by atoms with Gasteiger partial charge in [0.15, 0.2) is 0 Å². The largest absolute Gasteiger partial charge is 0.394 e. The highest BCUT2D eigenvalue weighted by atomic mass is 16.3. The van der Waals surface area contributed by atoms with Crippen LogP contribution >= 0.6 is 0 Å². The van der Waals surface area contributed by atoms with Crippen molar-refractivity contribution in [3.05, 3.63) is 18.0 Å². The van der Waals surface area contributed by atoms with Crippen LogP contribution in [0, 0.1) is 5.92 Å². The summed E-state index contributed by atoms with van der Waals surface area (Å²) in [5.41, 5.74) is 1.22. The maximum Gasteiger partial charge on any atom is 0.0613 e. The number of aryl methyl sites for hydroxylation is 1. The molecule has 2 rings (SSSR count). The van der Waals surface area contributed by atoms with Gasteiger partial charge in [-0.1, -0.05) is 6.92 Å². The number of nitrogens with one attached hydrogen (secondary N) is 1. The van der Waals surface area contributed by atoms with E-state index in [2.05, 4.69) is 23.5 Å². The van der Waals surface area contributed by atoms with Crippen molar-refractivity contribution < 1.29 is 5.11 Å². The highest BCUT2D eigenvalue weighted by Gasteiger charge is 2.32. The predicted octanol–water partition coefficient (Wildman–Crippen LogP) is 1.49. The summed E-state index contributed by atoms with van der Waals surface area (Å²) in [6, 6.07) is 0. The molecule has 4 heteroatoms. The molecule has 1 saturated carbocycles. The van der Waals surface area contributed by atoms with E-state index in [0.717, 1.165) is 31.7 Å². The number of nitrogens with zero attached hydrogens (tertiary/aromatic N) is 2. The van der Waals surface area contributed by atoms with E-state index in [4.69, 9.17) is 0 Å². The van der Waals surface area contributed by atoms with E-state index < -0.39 is 0 Å². The molecule has 1 aromatic rings. The van der Waals surface area contributed by atoms with Crippen molar-refractivity contribution in [1.29, 1.82) is 0 Å². The molecule has 1 aliphatic carbocycles. The molecule has 0 atom stereocenters. The lowest BCUT2D eigenvalue weighted by atomic mass is 9.77. The molecular weight excluding hydrogens is 226 g/mol. The Balaban J connectivity index is 1.80. The first-order valence-corrected chi connectivity index (χ1v) is 6.97. The predicted molar refractivity (Wildman–Crippen MR) is 72.4 cm³/mol. The zero-order valence-corrected chi connectivity index (χ0v) is 11.5. The molecule has 1 fully saturated rings. The Bertz CT molecular complexity index is 367. The van der Waals surface area contributed by atoms with Gasteiger partial charge in [-0.2, -0.15) is 5.10 Å². The van der Waals surface area contributed by atoms with E-state index in [-0.39, 0.29) is 12.1 Å². The van der Waals surface area contributed by atoms with Gasteiger partial charge in [-0.15, -0.1) is 0 Å². The lowest BCUT2D eigenvalue weighted by molar-refractivity contribution is 0.106. The van der Waals surface area contributed by atoms with Crippen molar-refractivity contribution in [2.24, 2.45) is 13.0 Å². The molecule has 0 amide bonds. The van der Waals surface area contributed by atoms with Crippen molar-refractivity contribution in [1.82, 2.24) is 15.1 Å². The third-order valence-electron chi connectivity index (χ3n) is 4.21. The first-order valence-electron chi connectivity index (χ1n) is 6.97. The maximum absolute atomic E-state index is 9.65. The van der Waals surface area contributed by atoms with Gasteiger partial charge in [-0.25, -0.2) is 0 Å². The number of aliphatic hydroxyl groups is 1.